The zero-order valence-electron chi connectivity index (χ0n) is 8.80. The fourth-order valence-corrected chi connectivity index (χ4v) is 4.02. The molecule has 0 aromatic rings. The predicted octanol–water partition coefficient (Wildman–Crippen LogP) is 2.44. The summed E-state index contributed by atoms with van der Waals surface area (Å²) < 4.78 is 11.4. The molecule has 0 saturated carbocycles. The molecular weight excluding hydrogens is 182 g/mol. The monoisotopic (exact) mass is 201 g/mol. The van der Waals surface area contributed by atoms with E-state index in [2.05, 4.69) is 13.0 Å². The van der Waals surface area contributed by atoms with Crippen LogP contribution in [-0.4, -0.2) is 21.8 Å². The summed E-state index contributed by atoms with van der Waals surface area (Å²) in [5.74, 6) is 0. The number of hydrogen-bond acceptors (Lipinski definition) is 3. The van der Waals surface area contributed by atoms with Gasteiger partial charge in [0.15, 0.2) is 0 Å². The lowest BCUT2D eigenvalue weighted by atomic mass is 10.6. The Hall–Kier alpha value is -0.373. The quantitative estimate of drug-likeness (QED) is 0.594. The molecule has 3 nitrogen and oxygen atoms in total. The van der Waals surface area contributed by atoms with Crippen LogP contribution in [0.1, 0.15) is 27.2 Å². The van der Waals surface area contributed by atoms with Gasteiger partial charge in [0.1, 0.15) is 0 Å². The third-order valence-corrected chi connectivity index (χ3v) is 5.69. The standard InChI is InChI=1S/C9H19NO2Si/c1-4-11-13(6-3,12-5-2)9-7-8-10/h4-7,9H2,1-3H3. The number of hydrogen-bond donors (Lipinski definition) is 0. The van der Waals surface area contributed by atoms with Gasteiger partial charge in [-0.25, -0.2) is 0 Å². The molecule has 0 aliphatic heterocycles. The lowest BCUT2D eigenvalue weighted by molar-refractivity contribution is 0.184. The summed E-state index contributed by atoms with van der Waals surface area (Å²) in [5, 5.41) is 8.52. The lowest BCUT2D eigenvalue weighted by Gasteiger charge is -2.27. The summed E-state index contributed by atoms with van der Waals surface area (Å²) in [4.78, 5) is 0. The summed E-state index contributed by atoms with van der Waals surface area (Å²) in [5.41, 5.74) is 0. The van der Waals surface area contributed by atoms with Crippen molar-refractivity contribution in [3.63, 3.8) is 0 Å². The molecular formula is C9H19NO2Si. The van der Waals surface area contributed by atoms with Gasteiger partial charge in [-0.3, -0.25) is 0 Å². The Morgan fingerprint density at radius 2 is 1.69 bits per heavy atom. The van der Waals surface area contributed by atoms with Crippen molar-refractivity contribution in [1.82, 2.24) is 0 Å². The molecule has 76 valence electrons. The molecule has 0 saturated heterocycles. The number of nitriles is 1. The molecule has 0 aromatic heterocycles. The van der Waals surface area contributed by atoms with E-state index in [0.29, 0.717) is 19.6 Å². The number of rotatable bonds is 7. The second-order valence-electron chi connectivity index (χ2n) is 2.79. The molecule has 0 spiro atoms. The highest BCUT2D eigenvalue weighted by Gasteiger charge is 2.34. The SMILES string of the molecule is CCO[Si](CC)(CCC#N)OCC. The van der Waals surface area contributed by atoms with E-state index in [1.54, 1.807) is 0 Å². The molecule has 0 bridgehead atoms. The zero-order chi connectivity index (χ0) is 10.2. The van der Waals surface area contributed by atoms with Crippen LogP contribution in [0.3, 0.4) is 0 Å². The van der Waals surface area contributed by atoms with Gasteiger partial charge in [-0.15, -0.1) is 0 Å². The van der Waals surface area contributed by atoms with Gasteiger partial charge in [-0.05, 0) is 19.9 Å². The Morgan fingerprint density at radius 1 is 1.15 bits per heavy atom. The topological polar surface area (TPSA) is 42.2 Å². The van der Waals surface area contributed by atoms with Crippen molar-refractivity contribution >= 4 is 8.56 Å². The molecule has 0 radical (unpaired) electrons. The van der Waals surface area contributed by atoms with Gasteiger partial charge in [-0.2, -0.15) is 5.26 Å². The number of nitrogens with zero attached hydrogens (tertiary/aromatic N) is 1. The first-order chi connectivity index (χ1) is 6.24. The van der Waals surface area contributed by atoms with E-state index in [9.17, 15) is 0 Å². The highest BCUT2D eigenvalue weighted by Crippen LogP contribution is 2.20. The van der Waals surface area contributed by atoms with Gasteiger partial charge in [-0.1, -0.05) is 6.92 Å². The van der Waals surface area contributed by atoms with Gasteiger partial charge < -0.3 is 8.85 Å². The van der Waals surface area contributed by atoms with Crippen LogP contribution < -0.4 is 0 Å². The molecule has 0 fully saturated rings. The highest BCUT2D eigenvalue weighted by atomic mass is 28.4. The average molecular weight is 201 g/mol. The summed E-state index contributed by atoms with van der Waals surface area (Å²) in [7, 11) is -2.01. The molecule has 0 rings (SSSR count). The van der Waals surface area contributed by atoms with Crippen LogP contribution in [-0.2, 0) is 8.85 Å². The van der Waals surface area contributed by atoms with Gasteiger partial charge >= 0.3 is 8.56 Å². The molecule has 0 heterocycles. The van der Waals surface area contributed by atoms with Gasteiger partial charge in [0, 0.05) is 25.7 Å². The van der Waals surface area contributed by atoms with E-state index in [0.717, 1.165) is 12.1 Å². The smallest absolute Gasteiger partial charge is 0.338 e. The Kier molecular flexibility index (Phi) is 6.87. The average Bonchev–Trinajstić information content (AvgIpc) is 2.15. The van der Waals surface area contributed by atoms with Crippen LogP contribution in [0.2, 0.25) is 12.1 Å². The Balaban J connectivity index is 4.17. The minimum absolute atomic E-state index is 0.542. The van der Waals surface area contributed by atoms with Crippen LogP contribution in [0.5, 0.6) is 0 Å². The molecule has 0 N–H and O–H groups in total. The van der Waals surface area contributed by atoms with Gasteiger partial charge in [0.25, 0.3) is 0 Å². The van der Waals surface area contributed by atoms with Crippen LogP contribution in [0.15, 0.2) is 0 Å². The molecule has 4 heteroatoms. The maximum atomic E-state index is 8.52. The largest absolute Gasteiger partial charge is 0.394 e. The van der Waals surface area contributed by atoms with Crippen LogP contribution >= 0.6 is 0 Å². The van der Waals surface area contributed by atoms with Gasteiger partial charge in [0.2, 0.25) is 0 Å². The third-order valence-electron chi connectivity index (χ3n) is 1.97. The van der Waals surface area contributed by atoms with Gasteiger partial charge in [0.05, 0.1) is 6.07 Å². The van der Waals surface area contributed by atoms with E-state index in [-0.39, 0.29) is 0 Å². The lowest BCUT2D eigenvalue weighted by Crippen LogP contribution is -2.41. The normalized spacial score (nSPS) is 11.2. The van der Waals surface area contributed by atoms with E-state index >= 15 is 0 Å². The van der Waals surface area contributed by atoms with Crippen molar-refractivity contribution in [2.24, 2.45) is 0 Å². The maximum Gasteiger partial charge on any atom is 0.338 e. The van der Waals surface area contributed by atoms with E-state index in [1.807, 2.05) is 13.8 Å². The van der Waals surface area contributed by atoms with E-state index < -0.39 is 8.56 Å². The molecule has 0 atom stereocenters. The fraction of sp³-hybridized carbons (Fsp3) is 0.889. The summed E-state index contributed by atoms with van der Waals surface area (Å²) in [6.45, 7) is 7.40. The van der Waals surface area contributed by atoms with Crippen LogP contribution in [0, 0.1) is 11.3 Å². The fourth-order valence-electron chi connectivity index (χ4n) is 1.34. The first kappa shape index (κ1) is 12.6. The molecule has 0 aromatic carbocycles. The summed E-state index contributed by atoms with van der Waals surface area (Å²) >= 11 is 0. The highest BCUT2D eigenvalue weighted by molar-refractivity contribution is 6.67. The van der Waals surface area contributed by atoms with Crippen LogP contribution in [0.4, 0.5) is 0 Å². The maximum absolute atomic E-state index is 8.52. The first-order valence-electron chi connectivity index (χ1n) is 4.89. The Bertz CT molecular complexity index is 161. The van der Waals surface area contributed by atoms with Crippen molar-refractivity contribution < 1.29 is 8.85 Å². The first-order valence-corrected chi connectivity index (χ1v) is 7.12. The predicted molar refractivity (Wildman–Crippen MR) is 54.5 cm³/mol. The van der Waals surface area contributed by atoms with Crippen molar-refractivity contribution in [3.8, 4) is 6.07 Å². The van der Waals surface area contributed by atoms with E-state index in [4.69, 9.17) is 14.1 Å². The molecule has 0 amide bonds. The van der Waals surface area contributed by atoms with E-state index in [1.165, 1.54) is 0 Å². The molecule has 0 unspecified atom stereocenters. The Morgan fingerprint density at radius 3 is 2.00 bits per heavy atom. The third kappa shape index (κ3) is 4.41. The van der Waals surface area contributed by atoms with Crippen molar-refractivity contribution in [2.45, 2.75) is 39.3 Å². The minimum atomic E-state index is -2.01. The van der Waals surface area contributed by atoms with Crippen molar-refractivity contribution in [1.29, 1.82) is 5.26 Å². The summed E-state index contributed by atoms with van der Waals surface area (Å²) in [6, 6.07) is 3.87. The van der Waals surface area contributed by atoms with Crippen molar-refractivity contribution in [3.05, 3.63) is 0 Å². The van der Waals surface area contributed by atoms with Crippen molar-refractivity contribution in [2.75, 3.05) is 13.2 Å². The minimum Gasteiger partial charge on any atom is -0.394 e. The Labute approximate surface area is 81.9 Å². The van der Waals surface area contributed by atoms with Crippen LogP contribution in [0.25, 0.3) is 0 Å². The molecule has 0 aliphatic carbocycles. The molecule has 0 aliphatic rings. The summed E-state index contributed by atoms with van der Waals surface area (Å²) in [6.07, 6.45) is 0.542. The zero-order valence-corrected chi connectivity index (χ0v) is 9.80. The second-order valence-corrected chi connectivity index (χ2v) is 6.39. The molecule has 13 heavy (non-hydrogen) atoms. The second kappa shape index (κ2) is 7.07.